The van der Waals surface area contributed by atoms with E-state index < -0.39 is 10.0 Å². The summed E-state index contributed by atoms with van der Waals surface area (Å²) in [5, 5.41) is 2.31. The average Bonchev–Trinajstić information content (AvgIpc) is 3.40. The number of nitrogens with one attached hydrogen (secondary N) is 1. The molecule has 1 aliphatic rings. The van der Waals surface area contributed by atoms with Gasteiger partial charge < -0.3 is 4.90 Å². The van der Waals surface area contributed by atoms with Crippen molar-refractivity contribution < 1.29 is 13.2 Å². The van der Waals surface area contributed by atoms with Crippen LogP contribution in [-0.4, -0.2) is 25.8 Å². The second kappa shape index (κ2) is 8.18. The Bertz CT molecular complexity index is 1130. The highest BCUT2D eigenvalue weighted by Gasteiger charge is 2.31. The van der Waals surface area contributed by atoms with Crippen LogP contribution in [-0.2, 0) is 10.0 Å². The first-order valence-corrected chi connectivity index (χ1v) is 11.9. The van der Waals surface area contributed by atoms with Crippen molar-refractivity contribution in [3.63, 3.8) is 0 Å². The molecule has 0 spiro atoms. The number of hydrogen-bond acceptors (Lipinski definition) is 4. The van der Waals surface area contributed by atoms with Gasteiger partial charge in [-0.25, -0.2) is 8.42 Å². The van der Waals surface area contributed by atoms with Crippen molar-refractivity contribution in [1.29, 1.82) is 0 Å². The number of rotatable bonds is 5. The van der Waals surface area contributed by atoms with Crippen molar-refractivity contribution in [2.45, 2.75) is 23.8 Å². The quantitative estimate of drug-likeness (QED) is 0.587. The highest BCUT2D eigenvalue weighted by atomic mass is 35.5. The van der Waals surface area contributed by atoms with Gasteiger partial charge in [0.2, 0.25) is 0 Å². The molecule has 1 saturated heterocycles. The maximum absolute atomic E-state index is 13.1. The molecule has 150 valence electrons. The largest absolute Gasteiger partial charge is 0.331 e. The van der Waals surface area contributed by atoms with Crippen LogP contribution in [0, 0.1) is 0 Å². The van der Waals surface area contributed by atoms with Gasteiger partial charge in [-0.3, -0.25) is 9.52 Å². The lowest BCUT2D eigenvalue weighted by Gasteiger charge is -2.24. The van der Waals surface area contributed by atoms with Crippen molar-refractivity contribution in [2.24, 2.45) is 0 Å². The zero-order valence-electron chi connectivity index (χ0n) is 15.4. The minimum atomic E-state index is -3.88. The molecule has 8 heteroatoms. The van der Waals surface area contributed by atoms with E-state index in [2.05, 4.69) is 4.72 Å². The molecule has 0 radical (unpaired) electrons. The predicted molar refractivity (Wildman–Crippen MR) is 116 cm³/mol. The number of halogens is 1. The lowest BCUT2D eigenvalue weighted by atomic mass is 10.1. The Morgan fingerprint density at radius 1 is 1.10 bits per heavy atom. The number of sulfonamides is 1. The Balaban J connectivity index is 1.60. The Morgan fingerprint density at radius 2 is 1.93 bits per heavy atom. The van der Waals surface area contributed by atoms with Crippen LogP contribution in [0.25, 0.3) is 0 Å². The van der Waals surface area contributed by atoms with E-state index in [4.69, 9.17) is 11.6 Å². The number of hydrogen-bond donors (Lipinski definition) is 1. The average molecular weight is 447 g/mol. The number of anilines is 1. The van der Waals surface area contributed by atoms with Gasteiger partial charge in [0.1, 0.15) is 0 Å². The third-order valence-corrected chi connectivity index (χ3v) is 7.56. The first-order valence-electron chi connectivity index (χ1n) is 9.17. The van der Waals surface area contributed by atoms with Crippen LogP contribution < -0.4 is 4.72 Å². The summed E-state index contributed by atoms with van der Waals surface area (Å²) < 4.78 is 28.1. The van der Waals surface area contributed by atoms with Crippen molar-refractivity contribution in [3.05, 3.63) is 81.5 Å². The number of nitrogens with zero attached hydrogens (tertiary/aromatic N) is 1. The van der Waals surface area contributed by atoms with Crippen molar-refractivity contribution >= 4 is 44.6 Å². The third kappa shape index (κ3) is 4.17. The molecule has 29 heavy (non-hydrogen) atoms. The zero-order valence-corrected chi connectivity index (χ0v) is 17.8. The maximum Gasteiger partial charge on any atom is 0.261 e. The van der Waals surface area contributed by atoms with Gasteiger partial charge in [-0.05, 0) is 54.6 Å². The Kier molecular flexibility index (Phi) is 5.63. The molecular weight excluding hydrogens is 428 g/mol. The van der Waals surface area contributed by atoms with E-state index in [1.54, 1.807) is 47.7 Å². The fourth-order valence-electron chi connectivity index (χ4n) is 3.50. The molecule has 1 aromatic heterocycles. The first kappa shape index (κ1) is 19.9. The van der Waals surface area contributed by atoms with E-state index in [0.717, 1.165) is 17.7 Å². The van der Waals surface area contributed by atoms with E-state index in [9.17, 15) is 13.2 Å². The molecular formula is C21H19ClN2O3S2. The summed E-state index contributed by atoms with van der Waals surface area (Å²) in [6, 6.07) is 16.8. The van der Waals surface area contributed by atoms with Gasteiger partial charge in [0.15, 0.2) is 0 Å². The van der Waals surface area contributed by atoms with Gasteiger partial charge in [0.05, 0.1) is 21.6 Å². The molecule has 1 atom stereocenters. The van der Waals surface area contributed by atoms with Crippen LogP contribution in [0.15, 0.2) is 70.9 Å². The molecule has 3 aromatic rings. The second-order valence-corrected chi connectivity index (χ2v) is 9.85. The van der Waals surface area contributed by atoms with E-state index in [1.165, 1.54) is 12.1 Å². The van der Waals surface area contributed by atoms with E-state index in [1.807, 2.05) is 22.4 Å². The Labute approximate surface area is 179 Å². The lowest BCUT2D eigenvalue weighted by molar-refractivity contribution is 0.0737. The van der Waals surface area contributed by atoms with Gasteiger partial charge in [-0.15, -0.1) is 11.3 Å². The lowest BCUT2D eigenvalue weighted by Crippen LogP contribution is -2.30. The van der Waals surface area contributed by atoms with Crippen molar-refractivity contribution in [2.75, 3.05) is 11.3 Å². The third-order valence-electron chi connectivity index (χ3n) is 4.89. The molecule has 0 saturated carbocycles. The standard InChI is InChI=1S/C21H19ClN2O3S2/c22-17-8-1-2-9-18(17)23-29(26,27)16-7-3-6-15(14-16)21(25)24-12-4-10-19(24)20-11-5-13-28-20/h1-3,5-9,11,13-14,19,23H,4,10,12H2. The molecule has 1 fully saturated rings. The molecule has 0 bridgehead atoms. The van der Waals surface area contributed by atoms with Crippen LogP contribution >= 0.6 is 22.9 Å². The Morgan fingerprint density at radius 3 is 2.69 bits per heavy atom. The second-order valence-electron chi connectivity index (χ2n) is 6.79. The van der Waals surface area contributed by atoms with Gasteiger partial charge in [0, 0.05) is 17.0 Å². The topological polar surface area (TPSA) is 66.5 Å². The molecule has 0 aliphatic carbocycles. The number of carbonyl (C=O) groups excluding carboxylic acids is 1. The molecule has 2 aromatic carbocycles. The SMILES string of the molecule is O=C(c1cccc(S(=O)(=O)Nc2ccccc2Cl)c1)N1CCCC1c1cccs1. The molecule has 1 N–H and O–H groups in total. The van der Waals surface area contributed by atoms with Gasteiger partial charge >= 0.3 is 0 Å². The highest BCUT2D eigenvalue weighted by Crippen LogP contribution is 2.35. The highest BCUT2D eigenvalue weighted by molar-refractivity contribution is 7.92. The van der Waals surface area contributed by atoms with E-state index in [-0.39, 0.29) is 16.8 Å². The zero-order chi connectivity index (χ0) is 20.4. The summed E-state index contributed by atoms with van der Waals surface area (Å²) in [4.78, 5) is 16.1. The summed E-state index contributed by atoms with van der Waals surface area (Å²) in [7, 11) is -3.88. The molecule has 4 rings (SSSR count). The van der Waals surface area contributed by atoms with Crippen LogP contribution in [0.1, 0.15) is 34.1 Å². The molecule has 2 heterocycles. The molecule has 1 amide bonds. The van der Waals surface area contributed by atoms with Crippen LogP contribution in [0.3, 0.4) is 0 Å². The maximum atomic E-state index is 13.1. The van der Waals surface area contributed by atoms with E-state index in [0.29, 0.717) is 22.8 Å². The van der Waals surface area contributed by atoms with Gasteiger partial charge in [-0.2, -0.15) is 0 Å². The van der Waals surface area contributed by atoms with Gasteiger partial charge in [0.25, 0.3) is 15.9 Å². The molecule has 1 unspecified atom stereocenters. The predicted octanol–water partition coefficient (Wildman–Crippen LogP) is 5.18. The number of para-hydroxylation sites is 1. The monoisotopic (exact) mass is 446 g/mol. The fourth-order valence-corrected chi connectivity index (χ4v) is 5.73. The molecule has 1 aliphatic heterocycles. The van der Waals surface area contributed by atoms with E-state index >= 15 is 0 Å². The minimum absolute atomic E-state index is 0.0233. The van der Waals surface area contributed by atoms with Crippen LogP contribution in [0.4, 0.5) is 5.69 Å². The number of benzene rings is 2. The van der Waals surface area contributed by atoms with Crippen molar-refractivity contribution in [3.8, 4) is 0 Å². The number of carbonyl (C=O) groups is 1. The van der Waals surface area contributed by atoms with Crippen LogP contribution in [0.2, 0.25) is 5.02 Å². The summed E-state index contributed by atoms with van der Waals surface area (Å²) in [6.07, 6.45) is 1.85. The van der Waals surface area contributed by atoms with Crippen molar-refractivity contribution in [1.82, 2.24) is 4.90 Å². The summed E-state index contributed by atoms with van der Waals surface area (Å²) in [5.74, 6) is -0.157. The smallest absolute Gasteiger partial charge is 0.261 e. The normalized spacial score (nSPS) is 16.7. The van der Waals surface area contributed by atoms with Gasteiger partial charge in [-0.1, -0.05) is 35.9 Å². The summed E-state index contributed by atoms with van der Waals surface area (Å²) in [5.41, 5.74) is 0.652. The molecule has 5 nitrogen and oxygen atoms in total. The first-order chi connectivity index (χ1) is 14.0. The summed E-state index contributed by atoms with van der Waals surface area (Å²) in [6.45, 7) is 0.663. The number of likely N-dealkylation sites (tertiary alicyclic amines) is 1. The minimum Gasteiger partial charge on any atom is -0.331 e. The number of amides is 1. The summed E-state index contributed by atoms with van der Waals surface area (Å²) >= 11 is 7.70. The van der Waals surface area contributed by atoms with Crippen LogP contribution in [0.5, 0.6) is 0 Å². The Hall–Kier alpha value is -2.35. The number of thiophene rings is 1. The fraction of sp³-hybridized carbons (Fsp3) is 0.190.